The Kier molecular flexibility index (Phi) is 6.44. The zero-order valence-electron chi connectivity index (χ0n) is 14.7. The van der Waals surface area contributed by atoms with Crippen LogP contribution in [0, 0.1) is 0 Å². The summed E-state index contributed by atoms with van der Waals surface area (Å²) in [6.45, 7) is 2.56. The van der Waals surface area contributed by atoms with Gasteiger partial charge in [0.2, 0.25) is 5.91 Å². The third-order valence-electron chi connectivity index (χ3n) is 4.42. The third-order valence-corrected chi connectivity index (χ3v) is 5.41. The van der Waals surface area contributed by atoms with Crippen molar-refractivity contribution in [3.8, 4) is 0 Å². The minimum absolute atomic E-state index is 0.0864. The van der Waals surface area contributed by atoms with Crippen LogP contribution in [-0.4, -0.2) is 35.7 Å². The highest BCUT2D eigenvalue weighted by Gasteiger charge is 2.30. The van der Waals surface area contributed by atoms with Gasteiger partial charge >= 0.3 is 6.18 Å². The summed E-state index contributed by atoms with van der Waals surface area (Å²) in [6.07, 6.45) is -3.49. The molecule has 0 unspecified atom stereocenters. The Morgan fingerprint density at radius 3 is 2.67 bits per heavy atom. The number of amides is 1. The predicted molar refractivity (Wildman–Crippen MR) is 100 cm³/mol. The van der Waals surface area contributed by atoms with Gasteiger partial charge in [0.1, 0.15) is 0 Å². The van der Waals surface area contributed by atoms with Gasteiger partial charge < -0.3 is 5.32 Å². The summed E-state index contributed by atoms with van der Waals surface area (Å²) in [5.41, 5.74) is 0.546. The summed E-state index contributed by atoms with van der Waals surface area (Å²) < 4.78 is 38.2. The first kappa shape index (κ1) is 19.8. The number of alkyl halides is 3. The van der Waals surface area contributed by atoms with E-state index in [1.54, 1.807) is 6.07 Å². The van der Waals surface area contributed by atoms with Gasteiger partial charge in [-0.25, -0.2) is 0 Å². The van der Waals surface area contributed by atoms with Crippen molar-refractivity contribution in [1.82, 2.24) is 10.2 Å². The fourth-order valence-corrected chi connectivity index (χ4v) is 3.88. The van der Waals surface area contributed by atoms with Crippen molar-refractivity contribution in [1.29, 1.82) is 0 Å². The number of benzene rings is 2. The number of carbonyl (C=O) groups is 1. The van der Waals surface area contributed by atoms with Gasteiger partial charge in [0.05, 0.1) is 11.3 Å². The lowest BCUT2D eigenvalue weighted by atomic mass is 10.2. The molecule has 144 valence electrons. The Hall–Kier alpha value is -1.99. The molecule has 0 aromatic heterocycles. The number of hydrogen-bond donors (Lipinski definition) is 1. The molecule has 1 N–H and O–H groups in total. The highest BCUT2D eigenvalue weighted by Crippen LogP contribution is 2.31. The minimum Gasteiger partial charge on any atom is -0.351 e. The molecule has 2 aromatic carbocycles. The fourth-order valence-electron chi connectivity index (χ4n) is 3.12. The molecule has 0 radical (unpaired) electrons. The first-order valence-electron chi connectivity index (χ1n) is 8.76. The van der Waals surface area contributed by atoms with E-state index in [1.807, 2.05) is 18.2 Å². The highest BCUT2D eigenvalue weighted by atomic mass is 32.2. The van der Waals surface area contributed by atoms with Crippen LogP contribution in [0.15, 0.2) is 59.5 Å². The lowest BCUT2D eigenvalue weighted by Crippen LogP contribution is -2.37. The molecule has 1 atom stereocenters. The van der Waals surface area contributed by atoms with Crippen molar-refractivity contribution in [2.45, 2.75) is 30.1 Å². The molecule has 1 saturated heterocycles. The SMILES string of the molecule is O=C(CSc1cccc(C(F)(F)F)c1)N[C@H]1CCN(Cc2ccccc2)C1. The second kappa shape index (κ2) is 8.80. The molecule has 1 fully saturated rings. The van der Waals surface area contributed by atoms with E-state index in [-0.39, 0.29) is 17.7 Å². The Bertz CT molecular complexity index is 767. The molecule has 7 heteroatoms. The van der Waals surface area contributed by atoms with Crippen LogP contribution in [0.3, 0.4) is 0 Å². The molecule has 27 heavy (non-hydrogen) atoms. The maximum atomic E-state index is 12.7. The molecule has 1 amide bonds. The van der Waals surface area contributed by atoms with E-state index in [0.29, 0.717) is 4.90 Å². The maximum absolute atomic E-state index is 12.7. The zero-order chi connectivity index (χ0) is 19.3. The molecule has 0 aliphatic carbocycles. The Morgan fingerprint density at radius 2 is 1.93 bits per heavy atom. The lowest BCUT2D eigenvalue weighted by molar-refractivity contribution is -0.137. The van der Waals surface area contributed by atoms with Crippen LogP contribution in [0.1, 0.15) is 17.5 Å². The molecule has 0 spiro atoms. The molecule has 2 aromatic rings. The molecule has 1 aliphatic heterocycles. The van der Waals surface area contributed by atoms with E-state index in [1.165, 1.54) is 11.6 Å². The summed E-state index contributed by atoms with van der Waals surface area (Å²) in [4.78, 5) is 14.9. The monoisotopic (exact) mass is 394 g/mol. The summed E-state index contributed by atoms with van der Waals surface area (Å²) in [5.74, 6) is -0.0415. The quantitative estimate of drug-likeness (QED) is 0.746. The highest BCUT2D eigenvalue weighted by molar-refractivity contribution is 8.00. The van der Waals surface area contributed by atoms with Crippen molar-refractivity contribution < 1.29 is 18.0 Å². The van der Waals surface area contributed by atoms with Crippen LogP contribution >= 0.6 is 11.8 Å². The van der Waals surface area contributed by atoms with Crippen molar-refractivity contribution in [2.24, 2.45) is 0 Å². The van der Waals surface area contributed by atoms with Crippen LogP contribution < -0.4 is 5.32 Å². The van der Waals surface area contributed by atoms with Crippen molar-refractivity contribution in [3.05, 3.63) is 65.7 Å². The van der Waals surface area contributed by atoms with Gasteiger partial charge in [-0.15, -0.1) is 11.8 Å². The van der Waals surface area contributed by atoms with E-state index in [0.717, 1.165) is 49.9 Å². The lowest BCUT2D eigenvalue weighted by Gasteiger charge is -2.17. The number of nitrogens with zero attached hydrogens (tertiary/aromatic N) is 1. The average Bonchev–Trinajstić information content (AvgIpc) is 3.07. The molecule has 3 rings (SSSR count). The number of nitrogens with one attached hydrogen (secondary N) is 1. The third kappa shape index (κ3) is 6.01. The smallest absolute Gasteiger partial charge is 0.351 e. The van der Waals surface area contributed by atoms with Crippen molar-refractivity contribution in [3.63, 3.8) is 0 Å². The number of halogens is 3. The van der Waals surface area contributed by atoms with E-state index in [4.69, 9.17) is 0 Å². The molecular weight excluding hydrogens is 373 g/mol. The van der Waals surface area contributed by atoms with E-state index >= 15 is 0 Å². The number of carbonyl (C=O) groups excluding carboxylic acids is 1. The normalized spacial score (nSPS) is 17.8. The van der Waals surface area contributed by atoms with Gasteiger partial charge in [-0.2, -0.15) is 13.2 Å². The fraction of sp³-hybridized carbons (Fsp3) is 0.350. The molecule has 0 bridgehead atoms. The Labute approximate surface area is 160 Å². The van der Waals surface area contributed by atoms with Crippen molar-refractivity contribution in [2.75, 3.05) is 18.8 Å². The van der Waals surface area contributed by atoms with Gasteiger partial charge in [-0.3, -0.25) is 9.69 Å². The molecule has 1 aliphatic rings. The topological polar surface area (TPSA) is 32.3 Å². The standard InChI is InChI=1S/C20H21F3N2OS/c21-20(22,23)16-7-4-8-18(11-16)27-14-19(26)24-17-9-10-25(13-17)12-15-5-2-1-3-6-15/h1-8,11,17H,9-10,12-14H2,(H,24,26)/t17-/m0/s1. The van der Waals surface area contributed by atoms with E-state index in [2.05, 4.69) is 22.3 Å². The summed E-state index contributed by atoms with van der Waals surface area (Å²) in [5, 5.41) is 2.99. The predicted octanol–water partition coefficient (Wildman–Crippen LogP) is 4.19. The van der Waals surface area contributed by atoms with Crippen LogP contribution in [0.2, 0.25) is 0 Å². The zero-order valence-corrected chi connectivity index (χ0v) is 15.5. The van der Waals surface area contributed by atoms with Crippen LogP contribution in [0.5, 0.6) is 0 Å². The summed E-state index contributed by atoms with van der Waals surface area (Å²) in [6, 6.07) is 15.3. The van der Waals surface area contributed by atoms with E-state index < -0.39 is 11.7 Å². The number of hydrogen-bond acceptors (Lipinski definition) is 3. The number of rotatable bonds is 6. The molecule has 0 saturated carbocycles. The summed E-state index contributed by atoms with van der Waals surface area (Å²) >= 11 is 1.12. The van der Waals surface area contributed by atoms with Crippen LogP contribution in [0.4, 0.5) is 13.2 Å². The largest absolute Gasteiger partial charge is 0.416 e. The maximum Gasteiger partial charge on any atom is 0.416 e. The number of likely N-dealkylation sites (tertiary alicyclic amines) is 1. The minimum atomic E-state index is -4.37. The molecule has 1 heterocycles. The molecule has 3 nitrogen and oxygen atoms in total. The summed E-state index contributed by atoms with van der Waals surface area (Å²) in [7, 11) is 0. The number of thioether (sulfide) groups is 1. The van der Waals surface area contributed by atoms with Gasteiger partial charge in [0.15, 0.2) is 0 Å². The second-order valence-corrected chi connectivity index (χ2v) is 7.64. The van der Waals surface area contributed by atoms with Crippen LogP contribution in [-0.2, 0) is 17.5 Å². The van der Waals surface area contributed by atoms with Crippen LogP contribution in [0.25, 0.3) is 0 Å². The Morgan fingerprint density at radius 1 is 1.15 bits per heavy atom. The van der Waals surface area contributed by atoms with Gasteiger partial charge in [0, 0.05) is 30.6 Å². The van der Waals surface area contributed by atoms with E-state index in [9.17, 15) is 18.0 Å². The molecular formula is C20H21F3N2OS. The van der Waals surface area contributed by atoms with Gasteiger partial charge in [-0.1, -0.05) is 36.4 Å². The Balaban J connectivity index is 1.44. The van der Waals surface area contributed by atoms with Gasteiger partial charge in [0.25, 0.3) is 0 Å². The first-order valence-corrected chi connectivity index (χ1v) is 9.74. The first-order chi connectivity index (χ1) is 12.9. The second-order valence-electron chi connectivity index (χ2n) is 6.59. The van der Waals surface area contributed by atoms with Crippen molar-refractivity contribution >= 4 is 17.7 Å². The van der Waals surface area contributed by atoms with Gasteiger partial charge in [-0.05, 0) is 30.2 Å². The average molecular weight is 394 g/mol.